The second-order valence-electron chi connectivity index (χ2n) is 6.91. The van der Waals surface area contributed by atoms with Gasteiger partial charge in [0.1, 0.15) is 12.4 Å². The third-order valence-electron chi connectivity index (χ3n) is 4.50. The van der Waals surface area contributed by atoms with E-state index >= 15 is 0 Å². The molecule has 0 saturated carbocycles. The van der Waals surface area contributed by atoms with E-state index in [4.69, 9.17) is 10.1 Å². The standard InChI is InChI=1S/C22H24N2O6S/c1-14-5-11-19(12-6-14)31(28,29)24(4)18-9-7-17(8-10-18)22(27)30-13-20(26)21(15(2)23)16(3)25/h5-12,23,26H,13H2,1-4H3/b21-20-,23-15?. The molecular weight excluding hydrogens is 420 g/mol. The molecule has 31 heavy (non-hydrogen) atoms. The summed E-state index contributed by atoms with van der Waals surface area (Å²) in [6.45, 7) is 3.84. The number of hydrogen-bond donors (Lipinski definition) is 2. The first-order valence-corrected chi connectivity index (χ1v) is 10.7. The van der Waals surface area contributed by atoms with E-state index in [0.29, 0.717) is 5.69 Å². The summed E-state index contributed by atoms with van der Waals surface area (Å²) in [7, 11) is -2.35. The quantitative estimate of drug-likeness (QED) is 0.278. The Hall–Kier alpha value is -3.46. The van der Waals surface area contributed by atoms with Crippen molar-refractivity contribution in [3.63, 3.8) is 0 Å². The Labute approximate surface area is 181 Å². The number of nitrogens with zero attached hydrogens (tertiary/aromatic N) is 1. The van der Waals surface area contributed by atoms with Crippen molar-refractivity contribution in [1.29, 1.82) is 5.41 Å². The summed E-state index contributed by atoms with van der Waals surface area (Å²) in [6.07, 6.45) is 0. The van der Waals surface area contributed by atoms with E-state index in [2.05, 4.69) is 0 Å². The number of esters is 1. The van der Waals surface area contributed by atoms with Crippen molar-refractivity contribution < 1.29 is 27.9 Å². The van der Waals surface area contributed by atoms with E-state index in [-0.39, 0.29) is 21.7 Å². The van der Waals surface area contributed by atoms with Crippen LogP contribution in [0, 0.1) is 12.3 Å². The lowest BCUT2D eigenvalue weighted by molar-refractivity contribution is -0.113. The average molecular weight is 445 g/mol. The van der Waals surface area contributed by atoms with E-state index in [9.17, 15) is 23.1 Å². The third kappa shape index (κ3) is 5.58. The number of sulfonamides is 1. The van der Waals surface area contributed by atoms with E-state index in [0.717, 1.165) is 9.87 Å². The molecule has 8 nitrogen and oxygen atoms in total. The van der Waals surface area contributed by atoms with Crippen LogP contribution in [0.25, 0.3) is 0 Å². The van der Waals surface area contributed by atoms with E-state index in [1.165, 1.54) is 57.3 Å². The first kappa shape index (κ1) is 23.8. The normalized spacial score (nSPS) is 12.0. The van der Waals surface area contributed by atoms with Crippen molar-refractivity contribution in [1.82, 2.24) is 0 Å². The van der Waals surface area contributed by atoms with Gasteiger partial charge < -0.3 is 15.3 Å². The zero-order valence-electron chi connectivity index (χ0n) is 17.7. The maximum absolute atomic E-state index is 12.8. The van der Waals surface area contributed by atoms with Crippen LogP contribution in [-0.2, 0) is 19.6 Å². The van der Waals surface area contributed by atoms with Crippen LogP contribution in [-0.4, -0.2) is 44.6 Å². The number of allylic oxidation sites excluding steroid dienone is 1. The lowest BCUT2D eigenvalue weighted by Gasteiger charge is -2.20. The van der Waals surface area contributed by atoms with Gasteiger partial charge in [-0.25, -0.2) is 13.2 Å². The highest BCUT2D eigenvalue weighted by Crippen LogP contribution is 2.23. The number of rotatable bonds is 8. The largest absolute Gasteiger partial charge is 0.508 e. The molecule has 0 aromatic heterocycles. The number of aryl methyl sites for hydroxylation is 1. The number of benzene rings is 2. The highest BCUT2D eigenvalue weighted by molar-refractivity contribution is 7.92. The molecule has 0 aliphatic carbocycles. The molecular formula is C22H24N2O6S. The van der Waals surface area contributed by atoms with Crippen molar-refractivity contribution in [2.75, 3.05) is 18.0 Å². The van der Waals surface area contributed by atoms with Gasteiger partial charge in [-0.15, -0.1) is 0 Å². The Balaban J connectivity index is 2.15. The summed E-state index contributed by atoms with van der Waals surface area (Å²) in [5, 5.41) is 17.5. The molecule has 2 aromatic carbocycles. The second-order valence-corrected chi connectivity index (χ2v) is 8.88. The molecule has 2 aromatic rings. The number of aliphatic hydroxyl groups excluding tert-OH is 1. The number of carbonyl (C=O) groups excluding carboxylic acids is 2. The maximum atomic E-state index is 12.8. The van der Waals surface area contributed by atoms with E-state index < -0.39 is 34.1 Å². The Morgan fingerprint density at radius 2 is 1.58 bits per heavy atom. The van der Waals surface area contributed by atoms with Gasteiger partial charge in [-0.1, -0.05) is 17.7 Å². The molecule has 2 rings (SSSR count). The lowest BCUT2D eigenvalue weighted by atomic mass is 10.1. The van der Waals surface area contributed by atoms with E-state index in [1.54, 1.807) is 12.1 Å². The number of hydrogen-bond acceptors (Lipinski definition) is 7. The molecule has 0 bridgehead atoms. The van der Waals surface area contributed by atoms with Crippen LogP contribution in [0.15, 0.2) is 64.8 Å². The van der Waals surface area contributed by atoms with Crippen LogP contribution in [0.5, 0.6) is 0 Å². The van der Waals surface area contributed by atoms with Gasteiger partial charge in [0.25, 0.3) is 10.0 Å². The minimum absolute atomic E-state index is 0.133. The molecule has 9 heteroatoms. The number of ketones is 1. The first-order valence-electron chi connectivity index (χ1n) is 9.26. The molecule has 0 spiro atoms. The van der Waals surface area contributed by atoms with Crippen LogP contribution < -0.4 is 4.31 Å². The van der Waals surface area contributed by atoms with E-state index in [1.807, 2.05) is 6.92 Å². The SMILES string of the molecule is CC(=N)/C(C(C)=O)=C(/O)COC(=O)c1ccc(N(C)S(=O)(=O)c2ccc(C)cc2)cc1. The Bertz CT molecular complexity index is 1120. The zero-order valence-corrected chi connectivity index (χ0v) is 18.5. The molecule has 0 aliphatic heterocycles. The van der Waals surface area contributed by atoms with Crippen LogP contribution in [0.4, 0.5) is 5.69 Å². The molecule has 164 valence electrons. The molecule has 0 saturated heterocycles. The maximum Gasteiger partial charge on any atom is 0.338 e. The van der Waals surface area contributed by atoms with Crippen LogP contribution in [0.1, 0.15) is 29.8 Å². The van der Waals surface area contributed by atoms with Gasteiger partial charge in [-0.2, -0.15) is 0 Å². The Kier molecular flexibility index (Phi) is 7.35. The number of nitrogens with one attached hydrogen (secondary N) is 1. The molecule has 0 fully saturated rings. The van der Waals surface area contributed by atoms with Gasteiger partial charge in [0.2, 0.25) is 0 Å². The lowest BCUT2D eigenvalue weighted by Crippen LogP contribution is -2.26. The fourth-order valence-corrected chi connectivity index (χ4v) is 3.98. The molecule has 0 amide bonds. The predicted molar refractivity (Wildman–Crippen MR) is 117 cm³/mol. The minimum Gasteiger partial charge on any atom is -0.508 e. The van der Waals surface area contributed by atoms with Gasteiger partial charge >= 0.3 is 5.97 Å². The molecule has 2 N–H and O–H groups in total. The van der Waals surface area contributed by atoms with Crippen molar-refractivity contribution >= 4 is 33.2 Å². The van der Waals surface area contributed by atoms with Gasteiger partial charge in [0.15, 0.2) is 5.78 Å². The number of Topliss-reactive ketones (excluding diaryl/α,β-unsaturated/α-hetero) is 1. The highest BCUT2D eigenvalue weighted by atomic mass is 32.2. The van der Waals surface area contributed by atoms with Crippen LogP contribution in [0.3, 0.4) is 0 Å². The fourth-order valence-electron chi connectivity index (χ4n) is 2.79. The zero-order chi connectivity index (χ0) is 23.3. The van der Waals surface area contributed by atoms with Crippen molar-refractivity contribution in [2.24, 2.45) is 0 Å². The summed E-state index contributed by atoms with van der Waals surface area (Å²) >= 11 is 0. The smallest absolute Gasteiger partial charge is 0.338 e. The molecule has 0 unspecified atom stereocenters. The van der Waals surface area contributed by atoms with Gasteiger partial charge in [-0.05, 0) is 57.2 Å². The molecule has 0 atom stereocenters. The summed E-state index contributed by atoms with van der Waals surface area (Å²) in [4.78, 5) is 23.9. The van der Waals surface area contributed by atoms with Crippen molar-refractivity contribution in [3.8, 4) is 0 Å². The second kappa shape index (κ2) is 9.57. The summed E-state index contributed by atoms with van der Waals surface area (Å²) in [5.74, 6) is -1.79. The Morgan fingerprint density at radius 3 is 2.06 bits per heavy atom. The first-order chi connectivity index (χ1) is 14.4. The summed E-state index contributed by atoms with van der Waals surface area (Å²) in [6, 6.07) is 12.2. The highest BCUT2D eigenvalue weighted by Gasteiger charge is 2.22. The minimum atomic E-state index is -3.76. The molecule has 0 aliphatic rings. The number of ether oxygens (including phenoxy) is 1. The van der Waals surface area contributed by atoms with Crippen LogP contribution >= 0.6 is 0 Å². The van der Waals surface area contributed by atoms with Crippen LogP contribution in [0.2, 0.25) is 0 Å². The average Bonchev–Trinajstić information content (AvgIpc) is 2.71. The molecule has 0 radical (unpaired) electrons. The van der Waals surface area contributed by atoms with Gasteiger partial charge in [0.05, 0.1) is 21.7 Å². The number of carbonyl (C=O) groups is 2. The topological polar surface area (TPSA) is 125 Å². The third-order valence-corrected chi connectivity index (χ3v) is 6.30. The van der Waals surface area contributed by atoms with Crippen molar-refractivity contribution in [2.45, 2.75) is 25.7 Å². The summed E-state index contributed by atoms with van der Waals surface area (Å²) in [5.41, 5.74) is 1.08. The number of anilines is 1. The Morgan fingerprint density at radius 1 is 1.03 bits per heavy atom. The van der Waals surface area contributed by atoms with Gasteiger partial charge in [-0.3, -0.25) is 9.10 Å². The predicted octanol–water partition coefficient (Wildman–Crippen LogP) is 3.42. The molecule has 0 heterocycles. The van der Waals surface area contributed by atoms with Crippen molar-refractivity contribution in [3.05, 3.63) is 71.0 Å². The fraction of sp³-hybridized carbons (Fsp3) is 0.227. The number of aliphatic hydroxyl groups is 1. The monoisotopic (exact) mass is 444 g/mol. The summed E-state index contributed by atoms with van der Waals surface area (Å²) < 4.78 is 31.6. The van der Waals surface area contributed by atoms with Gasteiger partial charge in [0, 0.05) is 12.8 Å².